The molecule has 0 saturated carbocycles. The lowest BCUT2D eigenvalue weighted by Gasteiger charge is -2.14. The third-order valence-electron chi connectivity index (χ3n) is 3.47. The van der Waals surface area contributed by atoms with E-state index in [1.165, 1.54) is 6.33 Å². The molecule has 7 nitrogen and oxygen atoms in total. The number of nitrogens with two attached hydrogens (primary N) is 1. The molecule has 3 rings (SSSR count). The standard InChI is InChI=1S/C17H13Cl3N6O/c18-10-3-1-9(2-4-10)17(27)26-25-16-14(21)15(22-8-23-16)24-13-6-5-11(19)7-12(13)20/h1-8H,21H2,(H,26,27)(H2,22,23,24,25). The molecular weight excluding hydrogens is 411 g/mol. The van der Waals surface area contributed by atoms with Crippen LogP contribution >= 0.6 is 34.8 Å². The van der Waals surface area contributed by atoms with E-state index in [0.29, 0.717) is 32.1 Å². The van der Waals surface area contributed by atoms with Crippen molar-refractivity contribution in [2.75, 3.05) is 16.5 Å². The van der Waals surface area contributed by atoms with Gasteiger partial charge in [0, 0.05) is 15.6 Å². The number of hydrazine groups is 1. The number of benzene rings is 2. The van der Waals surface area contributed by atoms with Gasteiger partial charge in [0.25, 0.3) is 5.91 Å². The van der Waals surface area contributed by atoms with Gasteiger partial charge in [-0.2, -0.15) is 0 Å². The van der Waals surface area contributed by atoms with Crippen molar-refractivity contribution < 1.29 is 4.79 Å². The summed E-state index contributed by atoms with van der Waals surface area (Å²) in [6.07, 6.45) is 1.29. The Balaban J connectivity index is 1.72. The fourth-order valence-corrected chi connectivity index (χ4v) is 2.68. The Hall–Kier alpha value is -2.74. The Kier molecular flexibility index (Phi) is 5.85. The van der Waals surface area contributed by atoms with E-state index < -0.39 is 0 Å². The molecule has 0 aliphatic heterocycles. The zero-order chi connectivity index (χ0) is 19.4. The second kappa shape index (κ2) is 8.30. The number of halogens is 3. The topological polar surface area (TPSA) is 105 Å². The maximum absolute atomic E-state index is 12.1. The van der Waals surface area contributed by atoms with E-state index in [0.717, 1.165) is 0 Å². The maximum Gasteiger partial charge on any atom is 0.269 e. The Morgan fingerprint density at radius 3 is 2.30 bits per heavy atom. The quantitative estimate of drug-likeness (QED) is 0.450. The summed E-state index contributed by atoms with van der Waals surface area (Å²) in [6, 6.07) is 11.4. The summed E-state index contributed by atoms with van der Waals surface area (Å²) in [7, 11) is 0. The first-order valence-corrected chi connectivity index (χ1v) is 8.72. The molecule has 138 valence electrons. The lowest BCUT2D eigenvalue weighted by molar-refractivity contribution is 0.0962. The number of aromatic nitrogens is 2. The molecular formula is C17H13Cl3N6O. The van der Waals surface area contributed by atoms with Gasteiger partial charge in [-0.25, -0.2) is 9.97 Å². The molecule has 1 amide bonds. The molecule has 0 aliphatic carbocycles. The SMILES string of the molecule is Nc1c(NNC(=O)c2ccc(Cl)cc2)ncnc1Nc1ccc(Cl)cc1Cl. The molecule has 0 spiro atoms. The van der Waals surface area contributed by atoms with Crippen LogP contribution in [-0.4, -0.2) is 15.9 Å². The highest BCUT2D eigenvalue weighted by Gasteiger charge is 2.12. The summed E-state index contributed by atoms with van der Waals surface area (Å²) in [5, 5.41) is 4.45. The van der Waals surface area contributed by atoms with Crippen molar-refractivity contribution in [2.24, 2.45) is 0 Å². The first-order chi connectivity index (χ1) is 12.9. The van der Waals surface area contributed by atoms with Gasteiger partial charge >= 0.3 is 0 Å². The van der Waals surface area contributed by atoms with Crippen molar-refractivity contribution in [1.82, 2.24) is 15.4 Å². The van der Waals surface area contributed by atoms with E-state index in [4.69, 9.17) is 40.5 Å². The van der Waals surface area contributed by atoms with Gasteiger partial charge in [0.15, 0.2) is 11.6 Å². The van der Waals surface area contributed by atoms with Crippen LogP contribution in [0.2, 0.25) is 15.1 Å². The molecule has 0 bridgehead atoms. The molecule has 1 aromatic heterocycles. The molecule has 0 radical (unpaired) electrons. The largest absolute Gasteiger partial charge is 0.393 e. The fraction of sp³-hybridized carbons (Fsp3) is 0. The van der Waals surface area contributed by atoms with Crippen molar-refractivity contribution in [1.29, 1.82) is 0 Å². The Morgan fingerprint density at radius 1 is 0.926 bits per heavy atom. The number of rotatable bonds is 5. The fourth-order valence-electron chi connectivity index (χ4n) is 2.10. The van der Waals surface area contributed by atoms with Gasteiger partial charge in [0.05, 0.1) is 10.7 Å². The van der Waals surface area contributed by atoms with Gasteiger partial charge in [-0.1, -0.05) is 34.8 Å². The summed E-state index contributed by atoms with van der Waals surface area (Å²) in [4.78, 5) is 20.3. The van der Waals surface area contributed by atoms with E-state index in [-0.39, 0.29) is 17.4 Å². The number of amides is 1. The average Bonchev–Trinajstić information content (AvgIpc) is 2.65. The molecule has 0 atom stereocenters. The number of anilines is 4. The lowest BCUT2D eigenvalue weighted by Crippen LogP contribution is -2.30. The highest BCUT2D eigenvalue weighted by molar-refractivity contribution is 6.36. The summed E-state index contributed by atoms with van der Waals surface area (Å²) < 4.78 is 0. The van der Waals surface area contributed by atoms with E-state index in [2.05, 4.69) is 26.1 Å². The minimum atomic E-state index is -0.375. The molecule has 0 unspecified atom stereocenters. The predicted octanol–water partition coefficient (Wildman–Crippen LogP) is 4.52. The van der Waals surface area contributed by atoms with Gasteiger partial charge < -0.3 is 11.1 Å². The molecule has 10 heteroatoms. The van der Waals surface area contributed by atoms with E-state index in [1.807, 2.05) is 0 Å². The van der Waals surface area contributed by atoms with Crippen molar-refractivity contribution >= 4 is 63.7 Å². The number of hydrogen-bond donors (Lipinski definition) is 4. The highest BCUT2D eigenvalue weighted by atomic mass is 35.5. The summed E-state index contributed by atoms with van der Waals surface area (Å²) in [6.45, 7) is 0. The molecule has 2 aromatic carbocycles. The van der Waals surface area contributed by atoms with Crippen LogP contribution in [0.1, 0.15) is 10.4 Å². The van der Waals surface area contributed by atoms with Crippen molar-refractivity contribution in [3.63, 3.8) is 0 Å². The van der Waals surface area contributed by atoms with Gasteiger partial charge in [0.2, 0.25) is 0 Å². The van der Waals surface area contributed by atoms with Crippen LogP contribution in [0.5, 0.6) is 0 Å². The molecule has 5 N–H and O–H groups in total. The number of carbonyl (C=O) groups is 1. The van der Waals surface area contributed by atoms with Crippen molar-refractivity contribution in [2.45, 2.75) is 0 Å². The first kappa shape index (κ1) is 19.0. The van der Waals surface area contributed by atoms with Crippen LogP contribution in [0.25, 0.3) is 0 Å². The number of nitrogen functional groups attached to an aromatic ring is 1. The summed E-state index contributed by atoms with van der Waals surface area (Å²) in [5.74, 6) is 0.164. The van der Waals surface area contributed by atoms with E-state index in [9.17, 15) is 4.79 Å². The summed E-state index contributed by atoms with van der Waals surface area (Å²) >= 11 is 17.8. The summed E-state index contributed by atoms with van der Waals surface area (Å²) in [5.41, 5.74) is 12.4. The highest BCUT2D eigenvalue weighted by Crippen LogP contribution is 2.31. The third-order valence-corrected chi connectivity index (χ3v) is 4.27. The van der Waals surface area contributed by atoms with Gasteiger partial charge in [0.1, 0.15) is 12.0 Å². The van der Waals surface area contributed by atoms with Crippen LogP contribution in [0, 0.1) is 0 Å². The van der Waals surface area contributed by atoms with Gasteiger partial charge in [-0.15, -0.1) is 0 Å². The molecule has 0 saturated heterocycles. The maximum atomic E-state index is 12.1. The van der Waals surface area contributed by atoms with Crippen LogP contribution in [0.4, 0.5) is 23.0 Å². The van der Waals surface area contributed by atoms with Crippen LogP contribution < -0.4 is 21.9 Å². The van der Waals surface area contributed by atoms with Crippen molar-refractivity contribution in [3.8, 4) is 0 Å². The normalized spacial score (nSPS) is 10.3. The van der Waals surface area contributed by atoms with E-state index >= 15 is 0 Å². The van der Waals surface area contributed by atoms with Crippen LogP contribution in [0.3, 0.4) is 0 Å². The zero-order valence-electron chi connectivity index (χ0n) is 13.6. The molecule has 27 heavy (non-hydrogen) atoms. The zero-order valence-corrected chi connectivity index (χ0v) is 15.9. The number of nitrogens with one attached hydrogen (secondary N) is 3. The second-order valence-electron chi connectivity index (χ2n) is 5.32. The minimum Gasteiger partial charge on any atom is -0.393 e. The number of carbonyl (C=O) groups excluding carboxylic acids is 1. The Morgan fingerprint density at radius 2 is 1.59 bits per heavy atom. The number of nitrogens with zero attached hydrogens (tertiary/aromatic N) is 2. The first-order valence-electron chi connectivity index (χ1n) is 7.58. The molecule has 3 aromatic rings. The third kappa shape index (κ3) is 4.71. The van der Waals surface area contributed by atoms with Gasteiger partial charge in [-0.05, 0) is 42.5 Å². The monoisotopic (exact) mass is 422 g/mol. The lowest BCUT2D eigenvalue weighted by atomic mass is 10.2. The molecule has 1 heterocycles. The van der Waals surface area contributed by atoms with Gasteiger partial charge in [-0.3, -0.25) is 15.6 Å². The average molecular weight is 424 g/mol. The predicted molar refractivity (Wildman–Crippen MR) is 109 cm³/mol. The van der Waals surface area contributed by atoms with Crippen LogP contribution in [0.15, 0.2) is 48.8 Å². The van der Waals surface area contributed by atoms with Crippen LogP contribution in [-0.2, 0) is 0 Å². The Bertz CT molecular complexity index is 981. The van der Waals surface area contributed by atoms with Crippen molar-refractivity contribution in [3.05, 3.63) is 69.4 Å². The molecule has 0 fully saturated rings. The molecule has 0 aliphatic rings. The Labute approximate surface area is 169 Å². The smallest absolute Gasteiger partial charge is 0.269 e. The van der Waals surface area contributed by atoms with E-state index in [1.54, 1.807) is 42.5 Å². The number of hydrogen-bond acceptors (Lipinski definition) is 6. The second-order valence-corrected chi connectivity index (χ2v) is 6.60. The minimum absolute atomic E-state index is 0.194.